The zero-order valence-electron chi connectivity index (χ0n) is 11.7. The number of hydrogen-bond donors (Lipinski definition) is 2. The second-order valence-electron chi connectivity index (χ2n) is 4.38. The van der Waals surface area contributed by atoms with E-state index >= 15 is 0 Å². The number of nitrogens with one attached hydrogen (secondary N) is 2. The zero-order chi connectivity index (χ0) is 14.6. The number of aryl methyl sites for hydroxylation is 1. The summed E-state index contributed by atoms with van der Waals surface area (Å²) in [4.78, 5) is 12.1. The second-order valence-corrected chi connectivity index (χ2v) is 6.23. The molecular weight excluding hydrogens is 264 g/mol. The molecule has 0 heterocycles. The van der Waals surface area contributed by atoms with Gasteiger partial charge in [-0.15, -0.1) is 0 Å². The number of hydrogen-bond acceptors (Lipinski definition) is 3. The highest BCUT2D eigenvalue weighted by Gasteiger charge is 2.19. The average molecular weight is 284 g/mol. The van der Waals surface area contributed by atoms with Gasteiger partial charge in [-0.1, -0.05) is 6.92 Å². The molecular formula is C13H20N2O3S. The van der Waals surface area contributed by atoms with E-state index in [1.807, 2.05) is 6.92 Å². The summed E-state index contributed by atoms with van der Waals surface area (Å²) >= 11 is 0. The van der Waals surface area contributed by atoms with Crippen LogP contribution in [0.5, 0.6) is 0 Å². The molecule has 0 unspecified atom stereocenters. The second kappa shape index (κ2) is 6.16. The van der Waals surface area contributed by atoms with Crippen LogP contribution in [0.25, 0.3) is 0 Å². The molecule has 0 aliphatic rings. The van der Waals surface area contributed by atoms with Crippen molar-refractivity contribution in [2.75, 3.05) is 13.6 Å². The number of benzene rings is 1. The SMILES string of the molecule is CCCNC(=O)c1cc(C)c(C)c(S(=O)(=O)NC)c1. The summed E-state index contributed by atoms with van der Waals surface area (Å²) in [5.74, 6) is -0.252. The third-order valence-electron chi connectivity index (χ3n) is 2.98. The van der Waals surface area contributed by atoms with Gasteiger partial charge in [0.2, 0.25) is 10.0 Å². The van der Waals surface area contributed by atoms with Gasteiger partial charge in [0, 0.05) is 12.1 Å². The van der Waals surface area contributed by atoms with Crippen molar-refractivity contribution in [2.24, 2.45) is 0 Å². The Morgan fingerprint density at radius 2 is 1.89 bits per heavy atom. The van der Waals surface area contributed by atoms with Gasteiger partial charge in [-0.25, -0.2) is 13.1 Å². The van der Waals surface area contributed by atoms with Crippen molar-refractivity contribution in [3.8, 4) is 0 Å². The van der Waals surface area contributed by atoms with Crippen molar-refractivity contribution in [2.45, 2.75) is 32.1 Å². The van der Waals surface area contributed by atoms with Crippen molar-refractivity contribution in [3.05, 3.63) is 28.8 Å². The molecule has 2 N–H and O–H groups in total. The largest absolute Gasteiger partial charge is 0.352 e. The summed E-state index contributed by atoms with van der Waals surface area (Å²) in [5.41, 5.74) is 1.80. The minimum Gasteiger partial charge on any atom is -0.352 e. The quantitative estimate of drug-likeness (QED) is 0.857. The molecule has 1 aromatic rings. The van der Waals surface area contributed by atoms with Crippen LogP contribution in [0.15, 0.2) is 17.0 Å². The maximum Gasteiger partial charge on any atom is 0.251 e. The molecule has 6 heteroatoms. The van der Waals surface area contributed by atoms with E-state index in [0.717, 1.165) is 12.0 Å². The number of amides is 1. The fraction of sp³-hybridized carbons (Fsp3) is 0.462. The van der Waals surface area contributed by atoms with Crippen molar-refractivity contribution in [3.63, 3.8) is 0 Å². The van der Waals surface area contributed by atoms with E-state index < -0.39 is 10.0 Å². The molecule has 1 amide bonds. The molecule has 0 spiro atoms. The van der Waals surface area contributed by atoms with Gasteiger partial charge in [-0.05, 0) is 50.6 Å². The molecule has 0 aliphatic carbocycles. The van der Waals surface area contributed by atoms with Gasteiger partial charge < -0.3 is 5.32 Å². The normalized spacial score (nSPS) is 11.4. The summed E-state index contributed by atoms with van der Waals surface area (Å²) in [6.07, 6.45) is 0.832. The number of sulfonamides is 1. The third-order valence-corrected chi connectivity index (χ3v) is 4.52. The molecule has 19 heavy (non-hydrogen) atoms. The predicted octanol–water partition coefficient (Wildman–Crippen LogP) is 1.35. The lowest BCUT2D eigenvalue weighted by Crippen LogP contribution is -2.25. The molecule has 0 saturated carbocycles. The van der Waals surface area contributed by atoms with Crippen LogP contribution in [-0.2, 0) is 10.0 Å². The van der Waals surface area contributed by atoms with E-state index in [1.165, 1.54) is 13.1 Å². The fourth-order valence-electron chi connectivity index (χ4n) is 1.69. The standard InChI is InChI=1S/C13H20N2O3S/c1-5-6-15-13(16)11-7-9(2)10(3)12(8-11)19(17,18)14-4/h7-8,14H,5-6H2,1-4H3,(H,15,16). The van der Waals surface area contributed by atoms with Gasteiger partial charge >= 0.3 is 0 Å². The number of carbonyl (C=O) groups excluding carboxylic acids is 1. The minimum atomic E-state index is -3.56. The summed E-state index contributed by atoms with van der Waals surface area (Å²) < 4.78 is 26.1. The number of carbonyl (C=O) groups is 1. The van der Waals surface area contributed by atoms with E-state index in [2.05, 4.69) is 10.0 Å². The molecule has 1 rings (SSSR count). The van der Waals surface area contributed by atoms with E-state index in [0.29, 0.717) is 17.7 Å². The first-order chi connectivity index (χ1) is 8.83. The highest BCUT2D eigenvalue weighted by atomic mass is 32.2. The van der Waals surface area contributed by atoms with Gasteiger partial charge in [-0.2, -0.15) is 0 Å². The van der Waals surface area contributed by atoms with Crippen molar-refractivity contribution < 1.29 is 13.2 Å². The zero-order valence-corrected chi connectivity index (χ0v) is 12.5. The summed E-state index contributed by atoms with van der Waals surface area (Å²) in [6, 6.07) is 3.12. The first kappa shape index (κ1) is 15.7. The molecule has 0 saturated heterocycles. The fourth-order valence-corrected chi connectivity index (χ4v) is 2.75. The molecule has 0 bridgehead atoms. The van der Waals surface area contributed by atoms with Crippen LogP contribution in [-0.4, -0.2) is 27.9 Å². The van der Waals surface area contributed by atoms with E-state index in [4.69, 9.17) is 0 Å². The van der Waals surface area contributed by atoms with Crippen LogP contribution in [0.3, 0.4) is 0 Å². The topological polar surface area (TPSA) is 75.3 Å². The lowest BCUT2D eigenvalue weighted by atomic mass is 10.1. The average Bonchev–Trinajstić information content (AvgIpc) is 2.38. The first-order valence-electron chi connectivity index (χ1n) is 6.16. The van der Waals surface area contributed by atoms with Crippen LogP contribution >= 0.6 is 0 Å². The Balaban J connectivity index is 3.28. The lowest BCUT2D eigenvalue weighted by molar-refractivity contribution is 0.0953. The van der Waals surface area contributed by atoms with Gasteiger partial charge in [0.25, 0.3) is 5.91 Å². The maximum absolute atomic E-state index is 11.9. The molecule has 0 atom stereocenters. The predicted molar refractivity (Wildman–Crippen MR) is 74.8 cm³/mol. The molecule has 0 radical (unpaired) electrons. The Kier molecular flexibility index (Phi) is 5.08. The maximum atomic E-state index is 11.9. The van der Waals surface area contributed by atoms with Crippen molar-refractivity contribution in [1.29, 1.82) is 0 Å². The Hall–Kier alpha value is -1.40. The Morgan fingerprint density at radius 3 is 2.42 bits per heavy atom. The smallest absolute Gasteiger partial charge is 0.251 e. The van der Waals surface area contributed by atoms with Gasteiger partial charge in [0.15, 0.2) is 0 Å². The highest BCUT2D eigenvalue weighted by Crippen LogP contribution is 2.20. The van der Waals surface area contributed by atoms with E-state index in [9.17, 15) is 13.2 Å². The Labute approximate surface area is 114 Å². The molecule has 0 fully saturated rings. The van der Waals surface area contributed by atoms with Crippen LogP contribution in [0, 0.1) is 13.8 Å². The molecule has 0 aliphatic heterocycles. The van der Waals surface area contributed by atoms with E-state index in [-0.39, 0.29) is 10.8 Å². The Bertz CT molecular complexity index is 580. The molecule has 0 aromatic heterocycles. The summed E-state index contributed by atoms with van der Waals surface area (Å²) in [5, 5.41) is 2.74. The first-order valence-corrected chi connectivity index (χ1v) is 7.64. The van der Waals surface area contributed by atoms with Crippen LogP contribution < -0.4 is 10.0 Å². The van der Waals surface area contributed by atoms with Crippen molar-refractivity contribution >= 4 is 15.9 Å². The third kappa shape index (κ3) is 3.54. The Morgan fingerprint density at radius 1 is 1.26 bits per heavy atom. The summed E-state index contributed by atoms with van der Waals surface area (Å²) in [6.45, 7) is 6.05. The van der Waals surface area contributed by atoms with Crippen LogP contribution in [0.2, 0.25) is 0 Å². The van der Waals surface area contributed by atoms with Gasteiger partial charge in [0.05, 0.1) is 4.90 Å². The van der Waals surface area contributed by atoms with E-state index in [1.54, 1.807) is 19.9 Å². The highest BCUT2D eigenvalue weighted by molar-refractivity contribution is 7.89. The number of rotatable bonds is 5. The lowest BCUT2D eigenvalue weighted by Gasteiger charge is -2.12. The van der Waals surface area contributed by atoms with Gasteiger partial charge in [0.1, 0.15) is 0 Å². The van der Waals surface area contributed by atoms with Crippen LogP contribution in [0.1, 0.15) is 34.8 Å². The minimum absolute atomic E-state index is 0.150. The molecule has 1 aromatic carbocycles. The van der Waals surface area contributed by atoms with Crippen molar-refractivity contribution in [1.82, 2.24) is 10.0 Å². The summed E-state index contributed by atoms with van der Waals surface area (Å²) in [7, 11) is -2.20. The molecule has 106 valence electrons. The van der Waals surface area contributed by atoms with Crippen LogP contribution in [0.4, 0.5) is 0 Å². The van der Waals surface area contributed by atoms with Gasteiger partial charge in [-0.3, -0.25) is 4.79 Å². The monoisotopic (exact) mass is 284 g/mol. The molecule has 5 nitrogen and oxygen atoms in total.